The maximum atomic E-state index is 11.9. The van der Waals surface area contributed by atoms with Crippen LogP contribution in [0.1, 0.15) is 153 Å². The van der Waals surface area contributed by atoms with Crippen molar-refractivity contribution in [2.24, 2.45) is 0 Å². The molecule has 13 heteroatoms. The maximum absolute atomic E-state index is 11.9. The summed E-state index contributed by atoms with van der Waals surface area (Å²) < 4.78 is 79.7. The van der Waals surface area contributed by atoms with E-state index in [0.717, 1.165) is 38.5 Å². The molecule has 0 heterocycles. The van der Waals surface area contributed by atoms with E-state index in [1.165, 1.54) is 126 Å². The van der Waals surface area contributed by atoms with Gasteiger partial charge in [-0.1, -0.05) is 160 Å². The molecule has 4 aromatic rings. The van der Waals surface area contributed by atoms with Crippen molar-refractivity contribution < 1.29 is 45.6 Å². The molecule has 0 saturated carbocycles. The zero-order valence-electron chi connectivity index (χ0n) is 36.3. The third-order valence-electron chi connectivity index (χ3n) is 10.3. The Balaban J connectivity index is 0.000000413. The third-order valence-corrected chi connectivity index (χ3v) is 12.2. The molecule has 0 amide bonds. The molecule has 2 N–H and O–H groups in total. The minimum absolute atomic E-state index is 0. The number of benzene rings is 4. The topological polar surface area (TPSA) is 173 Å². The van der Waals surface area contributed by atoms with Crippen LogP contribution in [0.15, 0.2) is 94.7 Å². The Morgan fingerprint density at radius 1 is 0.492 bits per heavy atom. The summed E-state index contributed by atoms with van der Waals surface area (Å²) in [6.45, 7) is 4.44. The summed E-state index contributed by atoms with van der Waals surface area (Å²) in [5.74, 6) is 1.06. The second-order valence-corrected chi connectivity index (χ2v) is 18.2. The van der Waals surface area contributed by atoms with Crippen LogP contribution >= 0.6 is 0 Å². The summed E-state index contributed by atoms with van der Waals surface area (Å²) >= 11 is 0. The van der Waals surface area contributed by atoms with Gasteiger partial charge in [0.05, 0.1) is 4.90 Å². The van der Waals surface area contributed by atoms with E-state index < -0.39 is 20.2 Å². The minimum Gasteiger partial charge on any atom is -0.872 e. The monoisotopic (exact) mass is 906 g/mol. The molecule has 0 unspecified atom stereocenters. The van der Waals surface area contributed by atoms with E-state index in [4.69, 9.17) is 9.47 Å². The molecule has 0 aliphatic heterocycles. The molecule has 0 aliphatic rings. The van der Waals surface area contributed by atoms with Gasteiger partial charge in [0.15, 0.2) is 0 Å². The van der Waals surface area contributed by atoms with Gasteiger partial charge in [0, 0.05) is 12.1 Å². The Kier molecular flexibility index (Phi) is 27.0. The number of ether oxygens (including phenoxy) is 2. The molecule has 0 aliphatic carbocycles. The predicted octanol–water partition coefficient (Wildman–Crippen LogP) is 12.4. The zero-order valence-corrected chi connectivity index (χ0v) is 40.2. The summed E-state index contributed by atoms with van der Waals surface area (Å²) in [4.78, 5) is -0.356. The largest absolute Gasteiger partial charge is 2.00 e. The normalized spacial score (nSPS) is 11.3. The first-order valence-electron chi connectivity index (χ1n) is 21.9. The van der Waals surface area contributed by atoms with Crippen LogP contribution in [0.2, 0.25) is 0 Å². The fourth-order valence-electron chi connectivity index (χ4n) is 7.05. The molecule has 4 rings (SSSR count). The van der Waals surface area contributed by atoms with Crippen molar-refractivity contribution in [3.05, 3.63) is 96.1 Å². The fourth-order valence-corrected chi connectivity index (χ4v) is 8.56. The Morgan fingerprint density at radius 3 is 1.28 bits per heavy atom. The van der Waals surface area contributed by atoms with Gasteiger partial charge in [-0.15, -0.1) is 5.75 Å². The second kappa shape index (κ2) is 30.3. The number of aryl methyl sites for hydroxylation is 2. The average molecular weight is 907 g/mol. The van der Waals surface area contributed by atoms with Crippen molar-refractivity contribution in [2.45, 2.75) is 165 Å². The standard InChI is InChI=1S/2C24H34O5S.Ca/c2*1-2-3-4-5-6-7-8-9-10-11-13-20-16-17-23(19-24(20)30(26,27)28)29-22-15-12-14-21(25)18-22;/h2*12,14-19,25H,2-11,13H2,1H3,(H,26,27,28);/q;;+2/p-2. The maximum Gasteiger partial charge on any atom is 2.00 e. The van der Waals surface area contributed by atoms with Crippen LogP contribution in [0.25, 0.3) is 0 Å². The molecule has 10 nitrogen and oxygen atoms in total. The third kappa shape index (κ3) is 22.9. The van der Waals surface area contributed by atoms with Crippen LogP contribution in [0, 0.1) is 0 Å². The van der Waals surface area contributed by atoms with Gasteiger partial charge in [-0.2, -0.15) is 8.42 Å². The van der Waals surface area contributed by atoms with Gasteiger partial charge in [0.2, 0.25) is 0 Å². The van der Waals surface area contributed by atoms with E-state index in [1.807, 2.05) is 0 Å². The molecule has 61 heavy (non-hydrogen) atoms. The molecule has 332 valence electrons. The van der Waals surface area contributed by atoms with Crippen molar-refractivity contribution in [1.29, 1.82) is 0 Å². The van der Waals surface area contributed by atoms with Crippen molar-refractivity contribution in [3.63, 3.8) is 0 Å². The van der Waals surface area contributed by atoms with Crippen LogP contribution in [-0.2, 0) is 33.1 Å². The molecule has 0 fully saturated rings. The predicted molar refractivity (Wildman–Crippen MR) is 242 cm³/mol. The number of phenolic OH excluding ortho intramolecular Hbond substituents is 1. The first kappa shape index (κ1) is 54.3. The molecule has 4 aromatic carbocycles. The molecule has 0 saturated heterocycles. The molecule has 0 spiro atoms. The van der Waals surface area contributed by atoms with Gasteiger partial charge in [0.25, 0.3) is 10.1 Å². The molecule has 0 bridgehead atoms. The van der Waals surface area contributed by atoms with Gasteiger partial charge >= 0.3 is 37.7 Å². The summed E-state index contributed by atoms with van der Waals surface area (Å²) in [7, 11) is -8.96. The van der Waals surface area contributed by atoms with Gasteiger partial charge in [-0.3, -0.25) is 4.55 Å². The zero-order chi connectivity index (χ0) is 43.6. The fraction of sp³-hybridized carbons (Fsp3) is 0.500. The molecular formula is C48H66CaO10S2. The summed E-state index contributed by atoms with van der Waals surface area (Å²) in [5.41, 5.74) is 1.12. The molecule has 0 atom stereocenters. The summed E-state index contributed by atoms with van der Waals surface area (Å²) in [5, 5.41) is 20.9. The quantitative estimate of drug-likeness (QED) is 0.0317. The number of unbranched alkanes of at least 4 members (excludes halogenated alkanes) is 18. The van der Waals surface area contributed by atoms with Crippen LogP contribution in [0.3, 0.4) is 0 Å². The molecule has 0 radical (unpaired) electrons. The van der Waals surface area contributed by atoms with Gasteiger partial charge in [0.1, 0.15) is 43.8 Å². The van der Waals surface area contributed by atoms with Gasteiger partial charge in [-0.25, -0.2) is 8.42 Å². The Bertz CT molecular complexity index is 1910. The Hall–Kier alpha value is -2.84. The second-order valence-electron chi connectivity index (χ2n) is 15.5. The van der Waals surface area contributed by atoms with E-state index in [-0.39, 0.29) is 64.8 Å². The SMILES string of the molecule is CCCCCCCCCCCCc1ccc(Oc2cccc(O)c2)cc1S(=O)(=O)O.CCCCCCCCCCCCc1ccc(Oc2cccc([O-])c2)cc1S(=O)(=O)[O-].[Ca+2]. The van der Waals surface area contributed by atoms with Crippen LogP contribution in [0.5, 0.6) is 34.5 Å². The summed E-state index contributed by atoms with van der Waals surface area (Å²) in [6.07, 6.45) is 25.2. The number of aromatic hydroxyl groups is 1. The van der Waals surface area contributed by atoms with Crippen molar-refractivity contribution in [2.75, 3.05) is 0 Å². The Labute approximate surface area is 396 Å². The number of hydrogen-bond acceptors (Lipinski definition) is 9. The summed E-state index contributed by atoms with van der Waals surface area (Å²) in [6, 6.07) is 21.4. The van der Waals surface area contributed by atoms with Crippen LogP contribution < -0.4 is 14.6 Å². The van der Waals surface area contributed by atoms with Gasteiger partial charge in [-0.05, 0) is 79.3 Å². The first-order valence-corrected chi connectivity index (χ1v) is 24.8. The van der Waals surface area contributed by atoms with Crippen LogP contribution in [0.4, 0.5) is 0 Å². The van der Waals surface area contributed by atoms with E-state index in [2.05, 4.69) is 13.8 Å². The Morgan fingerprint density at radius 2 is 0.869 bits per heavy atom. The van der Waals surface area contributed by atoms with Crippen LogP contribution in [-0.4, -0.2) is 68.8 Å². The van der Waals surface area contributed by atoms with Crippen molar-refractivity contribution in [1.82, 2.24) is 0 Å². The van der Waals surface area contributed by atoms with E-state index >= 15 is 0 Å². The van der Waals surface area contributed by atoms with E-state index in [0.29, 0.717) is 41.2 Å². The van der Waals surface area contributed by atoms with Gasteiger partial charge < -0.3 is 24.2 Å². The smallest absolute Gasteiger partial charge is 0.872 e. The van der Waals surface area contributed by atoms with Crippen molar-refractivity contribution >= 4 is 58.0 Å². The average Bonchev–Trinajstić information content (AvgIpc) is 3.19. The molecular weight excluding hydrogens is 841 g/mol. The van der Waals surface area contributed by atoms with E-state index in [1.54, 1.807) is 48.5 Å². The first-order chi connectivity index (χ1) is 28.8. The number of phenols is 1. The minimum atomic E-state index is -4.61. The number of hydrogen-bond donors (Lipinski definition) is 2. The molecule has 0 aromatic heterocycles. The number of rotatable bonds is 28. The van der Waals surface area contributed by atoms with Crippen molar-refractivity contribution in [3.8, 4) is 34.5 Å². The van der Waals surface area contributed by atoms with E-state index in [9.17, 15) is 36.2 Å².